The van der Waals surface area contributed by atoms with Gasteiger partial charge in [-0.15, -0.1) is 0 Å². The molecule has 2 aliphatic heterocycles. The summed E-state index contributed by atoms with van der Waals surface area (Å²) in [6, 6.07) is 16.6. The molecule has 0 N–H and O–H groups in total. The molecule has 29 heavy (non-hydrogen) atoms. The standard InChI is InChI=1S/C23H25N3O3/c1-2-7-21-20(6-1)18(8-11-28-21)15-22-24-23(25-29-22)19-5-3-4-17(14-19)16-26-9-12-27-13-10-26/h1-7,14,18H,8-13,15-16H2. The lowest BCUT2D eigenvalue weighted by molar-refractivity contribution is 0.0342. The zero-order valence-electron chi connectivity index (χ0n) is 16.4. The van der Waals surface area contributed by atoms with Crippen molar-refractivity contribution in [3.63, 3.8) is 0 Å². The molecule has 5 rings (SSSR count). The van der Waals surface area contributed by atoms with Gasteiger partial charge in [-0.05, 0) is 35.6 Å². The predicted octanol–water partition coefficient (Wildman–Crippen LogP) is 3.68. The molecular formula is C23H25N3O3. The zero-order chi connectivity index (χ0) is 19.5. The van der Waals surface area contributed by atoms with Crippen molar-refractivity contribution in [2.45, 2.75) is 25.3 Å². The maximum Gasteiger partial charge on any atom is 0.227 e. The summed E-state index contributed by atoms with van der Waals surface area (Å²) in [5.41, 5.74) is 3.48. The van der Waals surface area contributed by atoms with Gasteiger partial charge in [-0.1, -0.05) is 41.6 Å². The van der Waals surface area contributed by atoms with E-state index in [1.54, 1.807) is 0 Å². The van der Waals surface area contributed by atoms with E-state index in [0.717, 1.165) is 63.6 Å². The Morgan fingerprint density at radius 1 is 1.00 bits per heavy atom. The number of fused-ring (bicyclic) bond motifs is 1. The van der Waals surface area contributed by atoms with Crippen LogP contribution in [-0.2, 0) is 17.7 Å². The van der Waals surface area contributed by atoms with Gasteiger partial charge in [0.15, 0.2) is 0 Å². The van der Waals surface area contributed by atoms with E-state index < -0.39 is 0 Å². The SMILES string of the molecule is c1cc(CN2CCOCC2)cc(-c2noc(CC3CCOc4ccccc43)n2)c1. The van der Waals surface area contributed by atoms with Crippen molar-refractivity contribution in [2.24, 2.45) is 0 Å². The first-order valence-corrected chi connectivity index (χ1v) is 10.3. The number of benzene rings is 2. The van der Waals surface area contributed by atoms with Gasteiger partial charge in [0.1, 0.15) is 5.75 Å². The minimum absolute atomic E-state index is 0.348. The molecule has 6 heteroatoms. The number of rotatable bonds is 5. The van der Waals surface area contributed by atoms with Gasteiger partial charge >= 0.3 is 0 Å². The zero-order valence-corrected chi connectivity index (χ0v) is 16.4. The lowest BCUT2D eigenvalue weighted by Gasteiger charge is -2.26. The highest BCUT2D eigenvalue weighted by atomic mass is 16.5. The Morgan fingerprint density at radius 3 is 2.83 bits per heavy atom. The Labute approximate surface area is 170 Å². The molecule has 0 saturated carbocycles. The third-order valence-electron chi connectivity index (χ3n) is 5.67. The second-order valence-electron chi connectivity index (χ2n) is 7.68. The smallest absolute Gasteiger partial charge is 0.227 e. The monoisotopic (exact) mass is 391 g/mol. The van der Waals surface area contributed by atoms with E-state index in [0.29, 0.717) is 17.6 Å². The van der Waals surface area contributed by atoms with Gasteiger partial charge in [0.25, 0.3) is 0 Å². The first-order chi connectivity index (χ1) is 14.3. The van der Waals surface area contributed by atoms with Crippen molar-refractivity contribution in [3.05, 3.63) is 65.5 Å². The van der Waals surface area contributed by atoms with Gasteiger partial charge in [0.05, 0.1) is 19.8 Å². The first kappa shape index (κ1) is 18.3. The Hall–Kier alpha value is -2.70. The fraction of sp³-hybridized carbons (Fsp3) is 0.391. The van der Waals surface area contributed by atoms with Crippen LogP contribution in [0.1, 0.15) is 29.4 Å². The third kappa shape index (κ3) is 4.18. The Bertz CT molecular complexity index is 965. The second kappa shape index (κ2) is 8.35. The van der Waals surface area contributed by atoms with Crippen LogP contribution < -0.4 is 4.74 Å². The number of para-hydroxylation sites is 1. The fourth-order valence-corrected chi connectivity index (χ4v) is 4.12. The molecule has 1 atom stereocenters. The van der Waals surface area contributed by atoms with Crippen molar-refractivity contribution in [1.82, 2.24) is 15.0 Å². The maximum atomic E-state index is 5.76. The van der Waals surface area contributed by atoms with Crippen molar-refractivity contribution in [3.8, 4) is 17.1 Å². The first-order valence-electron chi connectivity index (χ1n) is 10.3. The van der Waals surface area contributed by atoms with Crippen molar-refractivity contribution >= 4 is 0 Å². The highest BCUT2D eigenvalue weighted by Gasteiger charge is 2.24. The minimum atomic E-state index is 0.348. The van der Waals surface area contributed by atoms with Gasteiger partial charge in [-0.3, -0.25) is 4.90 Å². The van der Waals surface area contributed by atoms with Gasteiger partial charge < -0.3 is 14.0 Å². The molecule has 1 aromatic heterocycles. The van der Waals surface area contributed by atoms with E-state index in [1.165, 1.54) is 11.1 Å². The highest BCUT2D eigenvalue weighted by Crippen LogP contribution is 2.35. The van der Waals surface area contributed by atoms with Crippen LogP contribution in [0.25, 0.3) is 11.4 Å². The number of hydrogen-bond donors (Lipinski definition) is 0. The Balaban J connectivity index is 1.30. The molecule has 0 amide bonds. The number of ether oxygens (including phenoxy) is 2. The molecular weight excluding hydrogens is 366 g/mol. The van der Waals surface area contributed by atoms with Gasteiger partial charge in [-0.25, -0.2) is 0 Å². The van der Waals surface area contributed by atoms with Gasteiger partial charge in [0.2, 0.25) is 11.7 Å². The summed E-state index contributed by atoms with van der Waals surface area (Å²) in [5.74, 6) is 2.66. The van der Waals surface area contributed by atoms with Gasteiger partial charge in [0, 0.05) is 31.6 Å². The molecule has 0 bridgehead atoms. The topological polar surface area (TPSA) is 60.6 Å². The molecule has 1 saturated heterocycles. The van der Waals surface area contributed by atoms with Crippen LogP contribution in [0.3, 0.4) is 0 Å². The number of hydrogen-bond acceptors (Lipinski definition) is 6. The maximum absolute atomic E-state index is 5.76. The van der Waals surface area contributed by atoms with E-state index in [4.69, 9.17) is 14.0 Å². The average Bonchev–Trinajstić information content (AvgIpc) is 3.24. The summed E-state index contributed by atoms with van der Waals surface area (Å²) in [5, 5.41) is 4.24. The average molecular weight is 391 g/mol. The van der Waals surface area contributed by atoms with Crippen LogP contribution in [0.2, 0.25) is 0 Å². The Morgan fingerprint density at radius 2 is 1.90 bits per heavy atom. The van der Waals surface area contributed by atoms with Gasteiger partial charge in [-0.2, -0.15) is 4.98 Å². The molecule has 1 unspecified atom stereocenters. The van der Waals surface area contributed by atoms with Crippen LogP contribution in [0, 0.1) is 0 Å². The van der Waals surface area contributed by atoms with Crippen LogP contribution in [-0.4, -0.2) is 48.0 Å². The largest absolute Gasteiger partial charge is 0.493 e. The molecule has 3 aromatic rings. The lowest BCUT2D eigenvalue weighted by Crippen LogP contribution is -2.35. The Kier molecular flexibility index (Phi) is 5.28. The molecule has 2 aromatic carbocycles. The number of nitrogens with zero attached hydrogens (tertiary/aromatic N) is 3. The summed E-state index contributed by atoms with van der Waals surface area (Å²) < 4.78 is 16.8. The van der Waals surface area contributed by atoms with Crippen molar-refractivity contribution in [2.75, 3.05) is 32.9 Å². The molecule has 1 fully saturated rings. The van der Waals surface area contributed by atoms with E-state index in [2.05, 4.69) is 45.4 Å². The van der Waals surface area contributed by atoms with E-state index >= 15 is 0 Å². The van der Waals surface area contributed by atoms with E-state index in [-0.39, 0.29) is 0 Å². The van der Waals surface area contributed by atoms with Crippen molar-refractivity contribution < 1.29 is 14.0 Å². The molecule has 3 heterocycles. The number of morpholine rings is 1. The van der Waals surface area contributed by atoms with E-state index in [9.17, 15) is 0 Å². The normalized spacial score (nSPS) is 19.5. The van der Waals surface area contributed by atoms with Crippen LogP contribution >= 0.6 is 0 Å². The third-order valence-corrected chi connectivity index (χ3v) is 5.67. The highest BCUT2D eigenvalue weighted by molar-refractivity contribution is 5.55. The summed E-state index contributed by atoms with van der Waals surface area (Å²) in [4.78, 5) is 7.09. The number of aromatic nitrogens is 2. The molecule has 0 radical (unpaired) electrons. The predicted molar refractivity (Wildman–Crippen MR) is 109 cm³/mol. The minimum Gasteiger partial charge on any atom is -0.493 e. The molecule has 150 valence electrons. The van der Waals surface area contributed by atoms with Crippen LogP contribution in [0.5, 0.6) is 5.75 Å². The summed E-state index contributed by atoms with van der Waals surface area (Å²) in [6.07, 6.45) is 1.70. The molecule has 2 aliphatic rings. The van der Waals surface area contributed by atoms with Crippen molar-refractivity contribution in [1.29, 1.82) is 0 Å². The lowest BCUT2D eigenvalue weighted by atomic mass is 9.90. The molecule has 0 spiro atoms. The molecule has 6 nitrogen and oxygen atoms in total. The fourth-order valence-electron chi connectivity index (χ4n) is 4.12. The summed E-state index contributed by atoms with van der Waals surface area (Å²) >= 11 is 0. The van der Waals surface area contributed by atoms with Crippen LogP contribution in [0.15, 0.2) is 53.1 Å². The van der Waals surface area contributed by atoms with E-state index in [1.807, 2.05) is 18.2 Å². The second-order valence-corrected chi connectivity index (χ2v) is 7.68. The quantitative estimate of drug-likeness (QED) is 0.661. The summed E-state index contributed by atoms with van der Waals surface area (Å²) in [6.45, 7) is 5.21. The summed E-state index contributed by atoms with van der Waals surface area (Å²) in [7, 11) is 0. The van der Waals surface area contributed by atoms with Crippen LogP contribution in [0.4, 0.5) is 0 Å². The molecule has 0 aliphatic carbocycles.